The second kappa shape index (κ2) is 8.31. The number of amides is 1. The van der Waals surface area contributed by atoms with Gasteiger partial charge in [-0.25, -0.2) is 5.43 Å². The SMILES string of the molecule is Cc1cc(C(=O)N/N=C\c2ccc(OCc3ccccc3Cl)cc2)n[nH]1. The van der Waals surface area contributed by atoms with Crippen LogP contribution in [0.15, 0.2) is 59.7 Å². The molecule has 3 rings (SSSR count). The van der Waals surface area contributed by atoms with Crippen molar-refractivity contribution in [2.24, 2.45) is 5.10 Å². The Morgan fingerprint density at radius 2 is 2.04 bits per heavy atom. The summed E-state index contributed by atoms with van der Waals surface area (Å²) < 4.78 is 5.72. The molecule has 2 aromatic carbocycles. The maximum Gasteiger partial charge on any atom is 0.291 e. The Balaban J connectivity index is 1.52. The van der Waals surface area contributed by atoms with Gasteiger partial charge in [-0.1, -0.05) is 29.8 Å². The molecule has 2 N–H and O–H groups in total. The van der Waals surface area contributed by atoms with E-state index in [-0.39, 0.29) is 5.91 Å². The minimum atomic E-state index is -0.370. The largest absolute Gasteiger partial charge is 0.489 e. The van der Waals surface area contributed by atoms with E-state index in [2.05, 4.69) is 20.7 Å². The van der Waals surface area contributed by atoms with E-state index in [1.807, 2.05) is 55.5 Å². The van der Waals surface area contributed by atoms with E-state index in [1.165, 1.54) is 0 Å². The summed E-state index contributed by atoms with van der Waals surface area (Å²) in [5.41, 5.74) is 5.29. The van der Waals surface area contributed by atoms with Crippen LogP contribution < -0.4 is 10.2 Å². The van der Waals surface area contributed by atoms with Crippen LogP contribution in [-0.4, -0.2) is 22.3 Å². The predicted molar refractivity (Wildman–Crippen MR) is 101 cm³/mol. The van der Waals surface area contributed by atoms with Crippen molar-refractivity contribution < 1.29 is 9.53 Å². The first kappa shape index (κ1) is 17.7. The van der Waals surface area contributed by atoms with Gasteiger partial charge in [0.2, 0.25) is 0 Å². The van der Waals surface area contributed by atoms with Crippen molar-refractivity contribution in [1.29, 1.82) is 0 Å². The van der Waals surface area contributed by atoms with Crippen LogP contribution in [0.1, 0.15) is 27.3 Å². The van der Waals surface area contributed by atoms with Gasteiger partial charge in [-0.2, -0.15) is 10.2 Å². The van der Waals surface area contributed by atoms with Gasteiger partial charge in [0.1, 0.15) is 12.4 Å². The molecule has 1 aromatic heterocycles. The molecule has 3 aromatic rings. The van der Waals surface area contributed by atoms with E-state index in [9.17, 15) is 4.79 Å². The topological polar surface area (TPSA) is 79.4 Å². The molecule has 0 aliphatic carbocycles. The Morgan fingerprint density at radius 1 is 1.27 bits per heavy atom. The van der Waals surface area contributed by atoms with Crippen molar-refractivity contribution in [1.82, 2.24) is 15.6 Å². The fourth-order valence-corrected chi connectivity index (χ4v) is 2.37. The van der Waals surface area contributed by atoms with Gasteiger partial charge < -0.3 is 4.74 Å². The Kier molecular flexibility index (Phi) is 5.66. The molecule has 0 unspecified atom stereocenters. The smallest absolute Gasteiger partial charge is 0.291 e. The molecule has 0 spiro atoms. The van der Waals surface area contributed by atoms with Crippen LogP contribution in [0.2, 0.25) is 5.02 Å². The molecule has 0 radical (unpaired) electrons. The number of carbonyl (C=O) groups is 1. The number of aryl methyl sites for hydroxylation is 1. The molecular formula is C19H17ClN4O2. The third kappa shape index (κ3) is 4.70. The Hall–Kier alpha value is -3.12. The first-order valence-electron chi connectivity index (χ1n) is 7.93. The summed E-state index contributed by atoms with van der Waals surface area (Å²) in [5.74, 6) is 0.350. The second-order valence-corrected chi connectivity index (χ2v) is 5.99. The Morgan fingerprint density at radius 3 is 2.73 bits per heavy atom. The summed E-state index contributed by atoms with van der Waals surface area (Å²) >= 11 is 6.11. The summed E-state index contributed by atoms with van der Waals surface area (Å²) in [6.07, 6.45) is 1.55. The number of hydrazone groups is 1. The van der Waals surface area contributed by atoms with Gasteiger partial charge >= 0.3 is 0 Å². The minimum Gasteiger partial charge on any atom is -0.489 e. The fraction of sp³-hybridized carbons (Fsp3) is 0.105. The van der Waals surface area contributed by atoms with E-state index in [1.54, 1.807) is 12.3 Å². The van der Waals surface area contributed by atoms with Crippen LogP contribution in [0.4, 0.5) is 0 Å². The number of aromatic nitrogens is 2. The van der Waals surface area contributed by atoms with Gasteiger partial charge in [0.15, 0.2) is 5.69 Å². The number of hydrogen-bond donors (Lipinski definition) is 2. The zero-order valence-corrected chi connectivity index (χ0v) is 14.8. The number of benzene rings is 2. The van der Waals surface area contributed by atoms with E-state index < -0.39 is 0 Å². The Labute approximate surface area is 155 Å². The van der Waals surface area contributed by atoms with E-state index in [0.717, 1.165) is 22.6 Å². The van der Waals surface area contributed by atoms with Crippen LogP contribution >= 0.6 is 11.6 Å². The highest BCUT2D eigenvalue weighted by atomic mass is 35.5. The highest BCUT2D eigenvalue weighted by Crippen LogP contribution is 2.18. The lowest BCUT2D eigenvalue weighted by Crippen LogP contribution is -2.17. The number of aromatic amines is 1. The van der Waals surface area contributed by atoms with Gasteiger partial charge in [0.05, 0.1) is 6.21 Å². The van der Waals surface area contributed by atoms with Crippen molar-refractivity contribution >= 4 is 23.7 Å². The van der Waals surface area contributed by atoms with Crippen molar-refractivity contribution in [2.75, 3.05) is 0 Å². The summed E-state index contributed by atoms with van der Waals surface area (Å²) in [5, 5.41) is 11.2. The lowest BCUT2D eigenvalue weighted by molar-refractivity contribution is 0.0950. The molecule has 6 nitrogen and oxygen atoms in total. The third-order valence-corrected chi connectivity index (χ3v) is 3.92. The number of nitrogens with one attached hydrogen (secondary N) is 2. The molecule has 0 atom stereocenters. The predicted octanol–water partition coefficient (Wildman–Crippen LogP) is 3.71. The number of halogens is 1. The molecule has 1 amide bonds. The standard InChI is InChI=1S/C19H17ClN4O2/c1-13-10-18(23-22-13)19(25)24-21-11-14-6-8-16(9-7-14)26-12-15-4-2-3-5-17(15)20/h2-11H,12H2,1H3,(H,22,23)(H,24,25)/b21-11-. The average Bonchev–Trinajstić information content (AvgIpc) is 3.09. The van der Waals surface area contributed by atoms with Crippen LogP contribution in [-0.2, 0) is 6.61 Å². The third-order valence-electron chi connectivity index (χ3n) is 3.55. The van der Waals surface area contributed by atoms with Gasteiger partial charge in [0.25, 0.3) is 5.91 Å². The highest BCUT2D eigenvalue weighted by Gasteiger charge is 2.07. The molecule has 0 saturated heterocycles. The molecule has 0 aliphatic rings. The maximum atomic E-state index is 11.8. The van der Waals surface area contributed by atoms with Gasteiger partial charge in [-0.3, -0.25) is 9.89 Å². The van der Waals surface area contributed by atoms with Crippen LogP contribution in [0.3, 0.4) is 0 Å². The van der Waals surface area contributed by atoms with Gasteiger partial charge in [-0.05, 0) is 48.9 Å². The van der Waals surface area contributed by atoms with Crippen molar-refractivity contribution in [3.8, 4) is 5.75 Å². The first-order chi connectivity index (χ1) is 12.6. The second-order valence-electron chi connectivity index (χ2n) is 5.58. The number of H-pyrrole nitrogens is 1. The number of rotatable bonds is 6. The molecule has 0 aliphatic heterocycles. The maximum absolute atomic E-state index is 11.8. The van der Waals surface area contributed by atoms with Crippen molar-refractivity contribution in [3.63, 3.8) is 0 Å². The normalized spacial score (nSPS) is 10.8. The van der Waals surface area contributed by atoms with Gasteiger partial charge in [0, 0.05) is 16.3 Å². The first-order valence-corrected chi connectivity index (χ1v) is 8.31. The quantitative estimate of drug-likeness (QED) is 0.514. The zero-order chi connectivity index (χ0) is 18.4. The van der Waals surface area contributed by atoms with Crippen LogP contribution in [0, 0.1) is 6.92 Å². The van der Waals surface area contributed by atoms with Crippen molar-refractivity contribution in [3.05, 3.63) is 82.1 Å². The summed E-state index contributed by atoms with van der Waals surface area (Å²) in [6.45, 7) is 2.22. The van der Waals surface area contributed by atoms with E-state index in [4.69, 9.17) is 16.3 Å². The average molecular weight is 369 g/mol. The highest BCUT2D eigenvalue weighted by molar-refractivity contribution is 6.31. The minimum absolute atomic E-state index is 0.294. The number of carbonyl (C=O) groups excluding carboxylic acids is 1. The molecule has 7 heteroatoms. The van der Waals surface area contributed by atoms with Crippen molar-refractivity contribution in [2.45, 2.75) is 13.5 Å². The Bertz CT molecular complexity index is 919. The monoisotopic (exact) mass is 368 g/mol. The molecule has 132 valence electrons. The van der Waals surface area contributed by atoms with Gasteiger partial charge in [-0.15, -0.1) is 0 Å². The van der Waals surface area contributed by atoms with Crippen LogP contribution in [0.5, 0.6) is 5.75 Å². The number of hydrogen-bond acceptors (Lipinski definition) is 4. The lowest BCUT2D eigenvalue weighted by atomic mass is 10.2. The summed E-state index contributed by atoms with van der Waals surface area (Å²) in [6, 6.07) is 16.6. The number of nitrogens with zero attached hydrogens (tertiary/aromatic N) is 2. The molecular weight excluding hydrogens is 352 g/mol. The van der Waals surface area contributed by atoms with E-state index >= 15 is 0 Å². The van der Waals surface area contributed by atoms with Crippen LogP contribution in [0.25, 0.3) is 0 Å². The molecule has 26 heavy (non-hydrogen) atoms. The zero-order valence-electron chi connectivity index (χ0n) is 14.1. The molecule has 0 fully saturated rings. The molecule has 1 heterocycles. The lowest BCUT2D eigenvalue weighted by Gasteiger charge is -2.07. The van der Waals surface area contributed by atoms with E-state index in [0.29, 0.717) is 17.3 Å². The fourth-order valence-electron chi connectivity index (χ4n) is 2.18. The molecule has 0 bridgehead atoms. The molecule has 0 saturated carbocycles. The summed E-state index contributed by atoms with van der Waals surface area (Å²) in [4.78, 5) is 11.8. The summed E-state index contributed by atoms with van der Waals surface area (Å²) in [7, 11) is 0. The number of ether oxygens (including phenoxy) is 1.